The Hall–Kier alpha value is -2.76. The highest BCUT2D eigenvalue weighted by Gasteiger charge is 2.33. The molecular weight excluding hydrogens is 278 g/mol. The highest BCUT2D eigenvalue weighted by atomic mass is 16.2. The molecule has 0 radical (unpaired) electrons. The van der Waals surface area contributed by atoms with Gasteiger partial charge in [0.25, 0.3) is 5.91 Å². The molecule has 1 aliphatic heterocycles. The van der Waals surface area contributed by atoms with E-state index < -0.39 is 0 Å². The number of carbonyl (C=O) groups is 1. The van der Waals surface area contributed by atoms with Crippen molar-refractivity contribution in [2.75, 3.05) is 6.54 Å². The number of amides is 1. The van der Waals surface area contributed by atoms with Gasteiger partial charge in [-0.15, -0.1) is 0 Å². The van der Waals surface area contributed by atoms with E-state index in [9.17, 15) is 4.79 Å². The molecule has 0 spiro atoms. The van der Waals surface area contributed by atoms with Gasteiger partial charge in [-0.1, -0.05) is 12.1 Å². The number of fused-ring (bicyclic) bond motifs is 1. The molecule has 1 saturated heterocycles. The highest BCUT2D eigenvalue weighted by Crippen LogP contribution is 2.32. The summed E-state index contributed by atoms with van der Waals surface area (Å²) in [6, 6.07) is 7.88. The lowest BCUT2D eigenvalue weighted by Crippen LogP contribution is -2.31. The Bertz CT molecular complexity index is 781. The van der Waals surface area contributed by atoms with Crippen LogP contribution in [0.2, 0.25) is 0 Å². The van der Waals surface area contributed by atoms with Crippen molar-refractivity contribution in [2.24, 2.45) is 0 Å². The quantitative estimate of drug-likeness (QED) is 0.787. The molecule has 3 aromatic rings. The Morgan fingerprint density at radius 2 is 2.18 bits per heavy atom. The third-order valence-electron chi connectivity index (χ3n) is 4.02. The molecule has 0 saturated carbocycles. The van der Waals surface area contributed by atoms with Crippen LogP contribution < -0.4 is 0 Å². The lowest BCUT2D eigenvalue weighted by Gasteiger charge is -2.22. The molecule has 4 rings (SSSR count). The Morgan fingerprint density at radius 1 is 1.27 bits per heavy atom. The van der Waals surface area contributed by atoms with E-state index in [1.54, 1.807) is 12.4 Å². The van der Waals surface area contributed by atoms with Crippen molar-refractivity contribution < 1.29 is 4.79 Å². The molecule has 22 heavy (non-hydrogen) atoms. The van der Waals surface area contributed by atoms with Crippen LogP contribution in [0.3, 0.4) is 0 Å². The van der Waals surface area contributed by atoms with Crippen LogP contribution in [0, 0.1) is 0 Å². The minimum absolute atomic E-state index is 0.0260. The summed E-state index contributed by atoms with van der Waals surface area (Å²) in [5.74, 6) is 0.756. The fourth-order valence-electron chi connectivity index (χ4n) is 2.98. The normalized spacial score (nSPS) is 18.0. The molecule has 110 valence electrons. The molecule has 0 unspecified atom stereocenters. The lowest BCUT2D eigenvalue weighted by atomic mass is 10.2. The molecule has 6 heteroatoms. The van der Waals surface area contributed by atoms with Gasteiger partial charge in [0.2, 0.25) is 0 Å². The largest absolute Gasteiger partial charge is 0.340 e. The predicted octanol–water partition coefficient (Wildman–Crippen LogP) is 2.33. The smallest absolute Gasteiger partial charge is 0.274 e. The molecule has 1 N–H and O–H groups in total. The summed E-state index contributed by atoms with van der Waals surface area (Å²) in [6.45, 7) is 0.719. The lowest BCUT2D eigenvalue weighted by molar-refractivity contribution is 0.0724. The number of carbonyl (C=O) groups excluding carboxylic acids is 1. The van der Waals surface area contributed by atoms with Crippen molar-refractivity contribution in [2.45, 2.75) is 18.9 Å². The third kappa shape index (κ3) is 2.13. The number of nitrogens with zero attached hydrogens (tertiary/aromatic N) is 4. The minimum atomic E-state index is -0.0870. The highest BCUT2D eigenvalue weighted by molar-refractivity contribution is 5.92. The maximum absolute atomic E-state index is 12.6. The Morgan fingerprint density at radius 3 is 3.00 bits per heavy atom. The summed E-state index contributed by atoms with van der Waals surface area (Å²) in [5, 5.41) is 0. The van der Waals surface area contributed by atoms with E-state index in [1.807, 2.05) is 29.2 Å². The van der Waals surface area contributed by atoms with E-state index in [0.29, 0.717) is 5.69 Å². The number of imidazole rings is 1. The number of aromatic nitrogens is 4. The van der Waals surface area contributed by atoms with Gasteiger partial charge >= 0.3 is 0 Å². The van der Waals surface area contributed by atoms with E-state index in [4.69, 9.17) is 0 Å². The number of aromatic amines is 1. The number of para-hydroxylation sites is 2. The molecule has 2 aromatic heterocycles. The average molecular weight is 293 g/mol. The monoisotopic (exact) mass is 293 g/mol. The average Bonchev–Trinajstić information content (AvgIpc) is 3.21. The SMILES string of the molecule is O=C(c1cnccn1)N1CCC[C@H]1c1nc2ccccc2[nH]1. The molecule has 3 heterocycles. The van der Waals surface area contributed by atoms with Gasteiger partial charge in [0.05, 0.1) is 23.3 Å². The molecule has 1 atom stereocenters. The molecule has 1 aliphatic rings. The Balaban J connectivity index is 1.67. The predicted molar refractivity (Wildman–Crippen MR) is 81.1 cm³/mol. The number of hydrogen-bond acceptors (Lipinski definition) is 4. The van der Waals surface area contributed by atoms with Gasteiger partial charge in [-0.25, -0.2) is 9.97 Å². The van der Waals surface area contributed by atoms with Gasteiger partial charge in [-0.3, -0.25) is 9.78 Å². The van der Waals surface area contributed by atoms with Gasteiger partial charge in [0.1, 0.15) is 11.5 Å². The number of H-pyrrole nitrogens is 1. The molecule has 6 nitrogen and oxygen atoms in total. The summed E-state index contributed by atoms with van der Waals surface area (Å²) in [7, 11) is 0. The van der Waals surface area contributed by atoms with E-state index in [2.05, 4.69) is 19.9 Å². The van der Waals surface area contributed by atoms with Crippen LogP contribution >= 0.6 is 0 Å². The van der Waals surface area contributed by atoms with E-state index in [1.165, 1.54) is 6.20 Å². The van der Waals surface area contributed by atoms with Gasteiger partial charge in [-0.05, 0) is 25.0 Å². The van der Waals surface area contributed by atoms with Crippen molar-refractivity contribution in [1.29, 1.82) is 0 Å². The van der Waals surface area contributed by atoms with Gasteiger partial charge in [0.15, 0.2) is 0 Å². The Labute approximate surface area is 127 Å². The first-order valence-electron chi connectivity index (χ1n) is 7.34. The fourth-order valence-corrected chi connectivity index (χ4v) is 2.98. The van der Waals surface area contributed by atoms with Crippen molar-refractivity contribution in [1.82, 2.24) is 24.8 Å². The van der Waals surface area contributed by atoms with Gasteiger partial charge in [-0.2, -0.15) is 0 Å². The summed E-state index contributed by atoms with van der Waals surface area (Å²) >= 11 is 0. The zero-order valence-electron chi connectivity index (χ0n) is 11.9. The summed E-state index contributed by atoms with van der Waals surface area (Å²) in [4.78, 5) is 30.5. The fraction of sp³-hybridized carbons (Fsp3) is 0.250. The Kier molecular flexibility index (Phi) is 3.07. The van der Waals surface area contributed by atoms with E-state index >= 15 is 0 Å². The number of nitrogens with one attached hydrogen (secondary N) is 1. The number of benzene rings is 1. The second-order valence-corrected chi connectivity index (χ2v) is 5.39. The zero-order valence-corrected chi connectivity index (χ0v) is 11.9. The summed E-state index contributed by atoms with van der Waals surface area (Å²) in [6.07, 6.45) is 6.49. The van der Waals surface area contributed by atoms with Gasteiger partial charge in [0, 0.05) is 18.9 Å². The van der Waals surface area contributed by atoms with Gasteiger partial charge < -0.3 is 9.88 Å². The number of rotatable bonds is 2. The molecule has 1 aromatic carbocycles. The molecule has 0 bridgehead atoms. The first-order valence-corrected chi connectivity index (χ1v) is 7.34. The second-order valence-electron chi connectivity index (χ2n) is 5.39. The molecular formula is C16H15N5O. The van der Waals surface area contributed by atoms with Crippen LogP contribution in [0.1, 0.15) is 35.2 Å². The van der Waals surface area contributed by atoms with E-state index in [0.717, 1.165) is 36.2 Å². The van der Waals surface area contributed by atoms with Crippen LogP contribution in [0.25, 0.3) is 11.0 Å². The van der Waals surface area contributed by atoms with Crippen LogP contribution in [0.15, 0.2) is 42.9 Å². The zero-order chi connectivity index (χ0) is 14.9. The molecule has 1 fully saturated rings. The molecule has 0 aliphatic carbocycles. The first-order chi connectivity index (χ1) is 10.8. The van der Waals surface area contributed by atoms with Crippen LogP contribution in [0.5, 0.6) is 0 Å². The maximum atomic E-state index is 12.6. The van der Waals surface area contributed by atoms with Crippen LogP contribution in [-0.4, -0.2) is 37.3 Å². The topological polar surface area (TPSA) is 74.8 Å². The standard InChI is InChI=1S/C16H15N5O/c22-16(13-10-17-7-8-18-13)21-9-3-6-14(21)15-19-11-4-1-2-5-12(11)20-15/h1-2,4-5,7-8,10,14H,3,6,9H2,(H,19,20)/t14-/m0/s1. The van der Waals surface area contributed by atoms with Crippen molar-refractivity contribution in [3.8, 4) is 0 Å². The number of hydrogen-bond donors (Lipinski definition) is 1. The number of likely N-dealkylation sites (tertiary alicyclic amines) is 1. The van der Waals surface area contributed by atoms with Crippen molar-refractivity contribution >= 4 is 16.9 Å². The van der Waals surface area contributed by atoms with Crippen LogP contribution in [0.4, 0.5) is 0 Å². The second kappa shape index (κ2) is 5.22. The van der Waals surface area contributed by atoms with Crippen molar-refractivity contribution in [3.63, 3.8) is 0 Å². The van der Waals surface area contributed by atoms with E-state index in [-0.39, 0.29) is 11.9 Å². The third-order valence-corrected chi connectivity index (χ3v) is 4.02. The summed E-state index contributed by atoms with van der Waals surface area (Å²) in [5.41, 5.74) is 2.30. The minimum Gasteiger partial charge on any atom is -0.340 e. The maximum Gasteiger partial charge on any atom is 0.274 e. The first kappa shape index (κ1) is 12.9. The van der Waals surface area contributed by atoms with Crippen LogP contribution in [-0.2, 0) is 0 Å². The summed E-state index contributed by atoms with van der Waals surface area (Å²) < 4.78 is 0. The molecule has 1 amide bonds. The van der Waals surface area contributed by atoms with Crippen molar-refractivity contribution in [3.05, 3.63) is 54.4 Å².